The highest BCUT2D eigenvalue weighted by Crippen LogP contribution is 2.24. The van der Waals surface area contributed by atoms with Crippen LogP contribution in [0.25, 0.3) is 0 Å². The number of sulfonamides is 1. The van der Waals surface area contributed by atoms with Crippen molar-refractivity contribution >= 4 is 21.7 Å². The third-order valence-electron chi connectivity index (χ3n) is 6.20. The topological polar surface area (TPSA) is 127 Å². The second-order valence-corrected chi connectivity index (χ2v) is 11.8. The quantitative estimate of drug-likeness (QED) is 0.175. The minimum Gasteiger partial charge on any atom is -0.461 e. The molecule has 0 bridgehead atoms. The second kappa shape index (κ2) is 14.0. The van der Waals surface area contributed by atoms with Crippen LogP contribution in [0, 0.1) is 22.0 Å². The molecule has 208 valence electrons. The maximum Gasteiger partial charge on any atom is 0.306 e. The number of nitro benzene ring substituents is 1. The van der Waals surface area contributed by atoms with Crippen molar-refractivity contribution in [3.8, 4) is 0 Å². The first-order valence-corrected chi connectivity index (χ1v) is 14.2. The first kappa shape index (κ1) is 29.9. The SMILES string of the molecule is CC(C)CN(C[C@@H](O)[C@@H](CC(=O)OCc1ccccc1)Cc1ccccc1)S(=O)(=O)c1ccc([N+](=O)[O-])cc1. The number of hydrogen-bond donors (Lipinski definition) is 1. The lowest BCUT2D eigenvalue weighted by Gasteiger charge is -2.30. The molecule has 2 atom stereocenters. The van der Waals surface area contributed by atoms with E-state index in [0.717, 1.165) is 23.3 Å². The van der Waals surface area contributed by atoms with Crippen LogP contribution in [0.2, 0.25) is 0 Å². The van der Waals surface area contributed by atoms with E-state index in [1.165, 1.54) is 16.4 Å². The van der Waals surface area contributed by atoms with Crippen LogP contribution in [0.3, 0.4) is 0 Å². The van der Waals surface area contributed by atoms with Gasteiger partial charge >= 0.3 is 5.97 Å². The largest absolute Gasteiger partial charge is 0.461 e. The van der Waals surface area contributed by atoms with E-state index in [0.29, 0.717) is 6.42 Å². The fraction of sp³-hybridized carbons (Fsp3) is 0.345. The summed E-state index contributed by atoms with van der Waals surface area (Å²) < 4.78 is 33.6. The molecule has 0 saturated carbocycles. The van der Waals surface area contributed by atoms with Gasteiger partial charge in [-0.25, -0.2) is 8.42 Å². The minimum atomic E-state index is -4.08. The number of ether oxygens (including phenoxy) is 1. The highest BCUT2D eigenvalue weighted by atomic mass is 32.2. The molecule has 3 rings (SSSR count). The Bertz CT molecular complexity index is 1310. The number of aliphatic hydroxyl groups is 1. The minimum absolute atomic E-state index is 0.0616. The summed E-state index contributed by atoms with van der Waals surface area (Å²) in [6.45, 7) is 3.68. The molecule has 3 aromatic carbocycles. The summed E-state index contributed by atoms with van der Waals surface area (Å²) in [6.07, 6.45) is -0.938. The highest BCUT2D eigenvalue weighted by molar-refractivity contribution is 7.89. The van der Waals surface area contributed by atoms with Crippen molar-refractivity contribution in [2.24, 2.45) is 11.8 Å². The maximum atomic E-state index is 13.5. The van der Waals surface area contributed by atoms with Crippen LogP contribution < -0.4 is 0 Å². The summed E-state index contributed by atoms with van der Waals surface area (Å²) in [5, 5.41) is 22.3. The van der Waals surface area contributed by atoms with E-state index in [4.69, 9.17) is 4.74 Å². The first-order chi connectivity index (χ1) is 18.6. The average Bonchev–Trinajstić information content (AvgIpc) is 2.92. The van der Waals surface area contributed by atoms with Gasteiger partial charge in [-0.3, -0.25) is 14.9 Å². The molecule has 10 heteroatoms. The Hall–Kier alpha value is -3.60. The summed E-state index contributed by atoms with van der Waals surface area (Å²) in [4.78, 5) is 23.1. The number of rotatable bonds is 14. The molecule has 0 aliphatic rings. The van der Waals surface area contributed by atoms with Gasteiger partial charge in [0.1, 0.15) is 6.61 Å². The molecule has 3 aromatic rings. The van der Waals surface area contributed by atoms with Crippen molar-refractivity contribution in [1.29, 1.82) is 0 Å². The van der Waals surface area contributed by atoms with E-state index in [1.54, 1.807) is 0 Å². The molecule has 0 fully saturated rings. The lowest BCUT2D eigenvalue weighted by molar-refractivity contribution is -0.384. The Morgan fingerprint density at radius 3 is 2.03 bits per heavy atom. The summed E-state index contributed by atoms with van der Waals surface area (Å²) >= 11 is 0. The van der Waals surface area contributed by atoms with Gasteiger partial charge in [-0.2, -0.15) is 4.31 Å². The van der Waals surface area contributed by atoms with Crippen molar-refractivity contribution < 1.29 is 28.0 Å². The molecule has 0 aromatic heterocycles. The molecule has 0 spiro atoms. The standard InChI is InChI=1S/C29H34N2O7S/c1-22(2)19-30(39(36,37)27-15-13-26(14-16-27)31(34)35)20-28(32)25(17-23-9-5-3-6-10-23)18-29(33)38-21-24-11-7-4-8-12-24/h3-16,22,25,28,32H,17-21H2,1-2H3/t25-,28-/m1/s1. The van der Waals surface area contributed by atoms with Crippen molar-refractivity contribution in [2.45, 2.75) is 44.3 Å². The van der Waals surface area contributed by atoms with Gasteiger partial charge in [-0.1, -0.05) is 74.5 Å². The molecular formula is C29H34N2O7S. The molecule has 0 aliphatic heterocycles. The van der Waals surface area contributed by atoms with Crippen LogP contribution in [0.4, 0.5) is 5.69 Å². The monoisotopic (exact) mass is 554 g/mol. The number of esters is 1. The van der Waals surface area contributed by atoms with Gasteiger partial charge in [0.2, 0.25) is 10.0 Å². The Kier molecular flexibility index (Phi) is 10.7. The van der Waals surface area contributed by atoms with Crippen LogP contribution >= 0.6 is 0 Å². The molecule has 9 nitrogen and oxygen atoms in total. The van der Waals surface area contributed by atoms with Gasteiger partial charge in [0.15, 0.2) is 0 Å². The number of carbonyl (C=O) groups excluding carboxylic acids is 1. The Labute approximate surface area is 229 Å². The van der Waals surface area contributed by atoms with E-state index in [-0.39, 0.29) is 42.6 Å². The van der Waals surface area contributed by atoms with Gasteiger partial charge in [-0.15, -0.1) is 0 Å². The molecular weight excluding hydrogens is 520 g/mol. The van der Waals surface area contributed by atoms with E-state index < -0.39 is 32.9 Å². The number of aliphatic hydroxyl groups excluding tert-OH is 1. The zero-order chi connectivity index (χ0) is 28.4. The fourth-order valence-electron chi connectivity index (χ4n) is 4.20. The zero-order valence-corrected chi connectivity index (χ0v) is 22.9. The Morgan fingerprint density at radius 2 is 1.49 bits per heavy atom. The number of nitrogens with zero attached hydrogens (tertiary/aromatic N) is 2. The fourth-order valence-corrected chi connectivity index (χ4v) is 5.82. The summed E-state index contributed by atoms with van der Waals surface area (Å²) in [5.74, 6) is -1.17. The number of non-ortho nitro benzene ring substituents is 1. The molecule has 39 heavy (non-hydrogen) atoms. The average molecular weight is 555 g/mol. The van der Waals surface area contributed by atoms with Crippen molar-refractivity contribution in [1.82, 2.24) is 4.31 Å². The number of nitro groups is 1. The molecule has 1 N–H and O–H groups in total. The van der Waals surface area contributed by atoms with E-state index in [2.05, 4.69) is 0 Å². The third-order valence-corrected chi connectivity index (χ3v) is 8.05. The van der Waals surface area contributed by atoms with Crippen LogP contribution in [0.5, 0.6) is 0 Å². The molecule has 0 saturated heterocycles. The summed E-state index contributed by atoms with van der Waals surface area (Å²) in [7, 11) is -4.08. The van der Waals surface area contributed by atoms with Crippen molar-refractivity contribution in [2.75, 3.05) is 13.1 Å². The van der Waals surface area contributed by atoms with Crippen molar-refractivity contribution in [3.63, 3.8) is 0 Å². The van der Waals surface area contributed by atoms with Gasteiger partial charge in [0, 0.05) is 31.1 Å². The summed E-state index contributed by atoms with van der Waals surface area (Å²) in [6, 6.07) is 23.2. The van der Waals surface area contributed by atoms with E-state index >= 15 is 0 Å². The lowest BCUT2D eigenvalue weighted by atomic mass is 9.90. The smallest absolute Gasteiger partial charge is 0.306 e. The normalized spacial score (nSPS) is 13.3. The molecule has 0 amide bonds. The Morgan fingerprint density at radius 1 is 0.923 bits per heavy atom. The molecule has 0 heterocycles. The van der Waals surface area contributed by atoms with Gasteiger partial charge in [0.05, 0.1) is 22.3 Å². The highest BCUT2D eigenvalue weighted by Gasteiger charge is 2.32. The van der Waals surface area contributed by atoms with E-state index in [9.17, 15) is 28.4 Å². The zero-order valence-electron chi connectivity index (χ0n) is 22.0. The van der Waals surface area contributed by atoms with Crippen LogP contribution in [-0.4, -0.2) is 47.9 Å². The van der Waals surface area contributed by atoms with Gasteiger partial charge in [-0.05, 0) is 35.6 Å². The number of carbonyl (C=O) groups is 1. The van der Waals surface area contributed by atoms with Crippen LogP contribution in [0.1, 0.15) is 31.4 Å². The predicted molar refractivity (Wildman–Crippen MR) is 147 cm³/mol. The van der Waals surface area contributed by atoms with Crippen LogP contribution in [-0.2, 0) is 32.6 Å². The van der Waals surface area contributed by atoms with Gasteiger partial charge in [0.25, 0.3) is 5.69 Å². The van der Waals surface area contributed by atoms with Gasteiger partial charge < -0.3 is 9.84 Å². The molecule has 0 radical (unpaired) electrons. The third kappa shape index (κ3) is 8.98. The predicted octanol–water partition coefficient (Wildman–Crippen LogP) is 4.59. The molecule has 0 unspecified atom stereocenters. The lowest BCUT2D eigenvalue weighted by Crippen LogP contribution is -2.43. The number of hydrogen-bond acceptors (Lipinski definition) is 7. The first-order valence-electron chi connectivity index (χ1n) is 12.7. The number of benzene rings is 3. The Balaban J connectivity index is 1.80. The summed E-state index contributed by atoms with van der Waals surface area (Å²) in [5.41, 5.74) is 1.51. The van der Waals surface area contributed by atoms with E-state index in [1.807, 2.05) is 74.5 Å². The second-order valence-electron chi connectivity index (χ2n) is 9.83. The van der Waals surface area contributed by atoms with Crippen LogP contribution in [0.15, 0.2) is 89.8 Å². The molecule has 0 aliphatic carbocycles. The maximum absolute atomic E-state index is 13.5. The van der Waals surface area contributed by atoms with Crippen molar-refractivity contribution in [3.05, 3.63) is 106 Å².